The van der Waals surface area contributed by atoms with Crippen LogP contribution >= 0.6 is 11.3 Å². The van der Waals surface area contributed by atoms with Crippen molar-refractivity contribution >= 4 is 35.0 Å². The maximum Gasteiger partial charge on any atom is 0.408 e. The molecule has 0 saturated carbocycles. The van der Waals surface area contributed by atoms with Crippen LogP contribution < -0.4 is 5.32 Å². The number of esters is 1. The summed E-state index contributed by atoms with van der Waals surface area (Å²) in [7, 11) is 3.60. The molecule has 1 amide bonds. The van der Waals surface area contributed by atoms with Crippen molar-refractivity contribution in [1.82, 2.24) is 30.4 Å². The monoisotopic (exact) mass is 857 g/mol. The highest BCUT2D eigenvalue weighted by molar-refractivity contribution is 7.15. The van der Waals surface area contributed by atoms with Gasteiger partial charge >= 0.3 is 12.1 Å². The second-order valence-corrected chi connectivity index (χ2v) is 17.7. The number of hydrogen-bond acceptors (Lipinski definition) is 16. The Labute approximate surface area is 353 Å². The Morgan fingerprint density at radius 1 is 1.17 bits per heavy atom. The third kappa shape index (κ3) is 10.2. The quantitative estimate of drug-likeness (QED) is 0.151. The average Bonchev–Trinajstić information content (AvgIpc) is 3.94. The van der Waals surface area contributed by atoms with E-state index in [9.17, 15) is 24.3 Å². The first-order chi connectivity index (χ1) is 28.2. The first kappa shape index (κ1) is 46.7. The van der Waals surface area contributed by atoms with E-state index in [2.05, 4.69) is 38.6 Å². The van der Waals surface area contributed by atoms with Crippen LogP contribution in [0.3, 0.4) is 0 Å². The molecule has 328 valence electrons. The molecule has 60 heavy (non-hydrogen) atoms. The van der Waals surface area contributed by atoms with Crippen LogP contribution in [-0.4, -0.2) is 134 Å². The molecule has 12 atom stereocenters. The number of halogens is 1. The Morgan fingerprint density at radius 2 is 1.90 bits per heavy atom. The van der Waals surface area contributed by atoms with Gasteiger partial charge in [-0.25, -0.2) is 14.0 Å². The zero-order chi connectivity index (χ0) is 44.2. The van der Waals surface area contributed by atoms with Crippen molar-refractivity contribution in [3.05, 3.63) is 17.0 Å². The normalized spacial score (nSPS) is 35.4. The number of aryl methyl sites for hydroxylation is 1. The largest absolute Gasteiger partial charge is 0.455 e. The number of thiophene rings is 1. The molecule has 0 radical (unpaired) electrons. The van der Waals surface area contributed by atoms with E-state index >= 15 is 4.39 Å². The second-order valence-electron chi connectivity index (χ2n) is 16.7. The number of ether oxygens (including phenoxy) is 5. The number of fused-ring (bicyclic) bond motifs is 1. The van der Waals surface area contributed by atoms with Gasteiger partial charge in [-0.05, 0) is 84.8 Å². The number of nitrogens with one attached hydrogen (secondary N) is 1. The molecule has 3 saturated heterocycles. The minimum atomic E-state index is -3.20. The summed E-state index contributed by atoms with van der Waals surface area (Å²) in [5.74, 6) is 1.75. The van der Waals surface area contributed by atoms with Gasteiger partial charge in [0.15, 0.2) is 17.7 Å². The van der Waals surface area contributed by atoms with Crippen molar-refractivity contribution in [3.63, 3.8) is 0 Å². The summed E-state index contributed by atoms with van der Waals surface area (Å²) in [6.45, 7) is 10.9. The summed E-state index contributed by atoms with van der Waals surface area (Å²) in [5, 5.41) is 35.5. The third-order valence-electron chi connectivity index (χ3n) is 11.8. The molecule has 19 heteroatoms. The predicted molar refractivity (Wildman–Crippen MR) is 214 cm³/mol. The average molecular weight is 858 g/mol. The molecule has 3 aliphatic rings. The van der Waals surface area contributed by atoms with Gasteiger partial charge in [0.1, 0.15) is 24.6 Å². The lowest BCUT2D eigenvalue weighted by molar-refractivity contribution is -0.290. The van der Waals surface area contributed by atoms with Crippen molar-refractivity contribution in [2.24, 2.45) is 11.8 Å². The van der Waals surface area contributed by atoms with Gasteiger partial charge in [-0.2, -0.15) is 10.1 Å². The summed E-state index contributed by atoms with van der Waals surface area (Å²) < 4.78 is 47.0. The van der Waals surface area contributed by atoms with Crippen LogP contribution in [0.4, 0.5) is 9.18 Å². The molecule has 0 spiro atoms. The fourth-order valence-electron chi connectivity index (χ4n) is 8.18. The number of nitriles is 1. The first-order valence-corrected chi connectivity index (χ1v) is 21.0. The maximum atomic E-state index is 16.7. The zero-order valence-corrected chi connectivity index (χ0v) is 36.4. The Hall–Kier alpha value is -4.37. The number of unbranched alkanes of at least 4 members (excludes halogenated alkanes) is 1. The number of ketones is 2. The van der Waals surface area contributed by atoms with E-state index in [1.54, 1.807) is 53.9 Å². The van der Waals surface area contributed by atoms with E-state index in [1.807, 2.05) is 11.8 Å². The number of alkyl carbamates (subject to hydrolysis) is 1. The van der Waals surface area contributed by atoms with Crippen molar-refractivity contribution in [1.29, 1.82) is 5.26 Å². The topological polar surface area (TPSA) is 217 Å². The third-order valence-corrected chi connectivity index (χ3v) is 12.8. The van der Waals surface area contributed by atoms with Crippen molar-refractivity contribution in [3.8, 4) is 28.6 Å². The number of nitrogens with zero attached hydrogens (tertiary/aromatic N) is 6. The number of aromatic nitrogens is 4. The van der Waals surface area contributed by atoms with Crippen LogP contribution in [0, 0.1) is 35.0 Å². The van der Waals surface area contributed by atoms with Crippen molar-refractivity contribution < 1.29 is 52.4 Å². The molecule has 5 rings (SSSR count). The summed E-state index contributed by atoms with van der Waals surface area (Å²) in [6.07, 6.45) is -5.68. The lowest BCUT2D eigenvalue weighted by Gasteiger charge is -2.46. The number of amides is 1. The predicted octanol–water partition coefficient (Wildman–Crippen LogP) is 3.76. The Kier molecular flexibility index (Phi) is 14.9. The van der Waals surface area contributed by atoms with E-state index in [0.717, 1.165) is 6.92 Å². The highest BCUT2D eigenvalue weighted by Crippen LogP contribution is 2.40. The Bertz CT molecular complexity index is 1990. The number of Topliss-reactive ketones (excluding diaryl/α,β-unsaturated/α-hetero) is 2. The molecule has 0 aliphatic carbocycles. The summed E-state index contributed by atoms with van der Waals surface area (Å²) in [5.41, 5.74) is -6.38. The van der Waals surface area contributed by atoms with Gasteiger partial charge in [0.2, 0.25) is 5.82 Å². The number of carbonyl (C=O) groups is 4. The first-order valence-electron chi connectivity index (χ1n) is 20.2. The highest BCUT2D eigenvalue weighted by atomic mass is 32.1. The minimum absolute atomic E-state index is 0.0742. The molecule has 0 bridgehead atoms. The Balaban J connectivity index is 1.50. The number of alkyl halides is 1. The molecule has 17 nitrogen and oxygen atoms in total. The van der Waals surface area contributed by atoms with Crippen molar-refractivity contribution in [2.45, 2.75) is 153 Å². The van der Waals surface area contributed by atoms with Gasteiger partial charge in [0.05, 0.1) is 46.2 Å². The number of aliphatic hydroxyl groups is 1. The molecule has 3 fully saturated rings. The SMILES string of the molecule is CC[C@H]1OC(=O)[C@@](C)(F)C(=O)C[C@@H](OC2O[C@H](C)C[C@H](N(C)C)[C@H]2O)[C@@](C)(OCC#Cc2ccc(-c3nnn(CCCC#N)n3)s2)C[C@@H](C)C(=O)[C@H](C)C2NC(=O)O[C@@]21C. The van der Waals surface area contributed by atoms with E-state index in [1.165, 1.54) is 23.1 Å². The second kappa shape index (κ2) is 19.1. The zero-order valence-electron chi connectivity index (χ0n) is 35.6. The summed E-state index contributed by atoms with van der Waals surface area (Å²) in [6, 6.07) is 4.28. The molecular formula is C41H56FN7O10S. The number of cyclic esters (lactones) is 1. The fourth-order valence-corrected chi connectivity index (χ4v) is 8.99. The fraction of sp³-hybridized carbons (Fsp3) is 0.707. The van der Waals surface area contributed by atoms with Crippen LogP contribution in [0.1, 0.15) is 91.9 Å². The molecule has 3 aliphatic heterocycles. The van der Waals surface area contributed by atoms with Crippen LogP contribution in [0.25, 0.3) is 10.7 Å². The van der Waals surface area contributed by atoms with Crippen LogP contribution in [0.5, 0.6) is 0 Å². The summed E-state index contributed by atoms with van der Waals surface area (Å²) in [4.78, 5) is 59.4. The molecule has 2 unspecified atom stereocenters. The molecule has 0 aromatic carbocycles. The van der Waals surface area contributed by atoms with E-state index < -0.39 is 89.7 Å². The molecule has 2 aromatic rings. The molecule has 5 heterocycles. The van der Waals surface area contributed by atoms with Crippen LogP contribution in [-0.2, 0) is 44.6 Å². The van der Waals surface area contributed by atoms with Gasteiger partial charge in [0.25, 0.3) is 5.67 Å². The van der Waals surface area contributed by atoms with Crippen molar-refractivity contribution in [2.75, 3.05) is 20.7 Å². The highest BCUT2D eigenvalue weighted by Gasteiger charge is 2.58. The number of aliphatic hydroxyl groups excluding tert-OH is 1. The standard InChI is InChI=1S/C41H56FN7O10S/c1-10-30-41(7)34(44-38(54)59-41)25(4)32(51)23(2)22-39(5,55-19-13-14-26-15-16-28(60-26)35-45-47-49(46-35)18-12-11-17-43)31(21-29(50)40(6,42)37(53)58-30)57-36-33(52)27(48(8)9)20-24(3)56-36/h15-16,23-25,27,30-31,33-34,36,52H,10-12,18-22H2,1-9H3,(H,44,54)/t23-,24-,25+,27+,30-,31-,33-,34?,36?,39+,40+,41-/m1/s1. The smallest absolute Gasteiger partial charge is 0.408 e. The lowest BCUT2D eigenvalue weighted by Crippen LogP contribution is -2.60. The summed E-state index contributed by atoms with van der Waals surface area (Å²) >= 11 is 1.32. The minimum Gasteiger partial charge on any atom is -0.455 e. The van der Waals surface area contributed by atoms with E-state index in [4.69, 9.17) is 28.9 Å². The van der Waals surface area contributed by atoms with E-state index in [-0.39, 0.29) is 31.3 Å². The number of tetrazole rings is 1. The number of rotatable bonds is 10. The van der Waals surface area contributed by atoms with Gasteiger partial charge in [0, 0.05) is 30.7 Å². The van der Waals surface area contributed by atoms with Gasteiger partial charge in [-0.3, -0.25) is 9.59 Å². The van der Waals surface area contributed by atoms with Gasteiger partial charge in [-0.1, -0.05) is 32.6 Å². The number of carbonyl (C=O) groups excluding carboxylic acids is 4. The van der Waals surface area contributed by atoms with E-state index in [0.29, 0.717) is 41.4 Å². The Morgan fingerprint density at radius 3 is 2.58 bits per heavy atom. The maximum absolute atomic E-state index is 16.7. The molecule has 2 N–H and O–H groups in total. The van der Waals surface area contributed by atoms with Gasteiger partial charge in [-0.15, -0.1) is 21.5 Å². The van der Waals surface area contributed by atoms with Crippen LogP contribution in [0.15, 0.2) is 12.1 Å². The number of likely N-dealkylation sites (N-methyl/N-ethyl adjacent to an activating group) is 1. The molecule has 2 aromatic heterocycles. The number of hydrogen-bond donors (Lipinski definition) is 2. The molecular weight excluding hydrogens is 802 g/mol. The van der Waals surface area contributed by atoms with Crippen LogP contribution in [0.2, 0.25) is 0 Å². The lowest BCUT2D eigenvalue weighted by atomic mass is 9.75. The van der Waals surface area contributed by atoms with Gasteiger partial charge < -0.3 is 39.0 Å².